The molecule has 4 aliphatic carbocycles. The van der Waals surface area contributed by atoms with Crippen molar-refractivity contribution >= 4 is 5.69 Å². The Labute approximate surface area is 247 Å². The molecule has 5 aromatic rings. The predicted molar refractivity (Wildman–Crippen MR) is 168 cm³/mol. The van der Waals surface area contributed by atoms with E-state index in [9.17, 15) is 0 Å². The van der Waals surface area contributed by atoms with E-state index in [1.54, 1.807) is 17.7 Å². The minimum absolute atomic E-state index is 0.431. The minimum Gasteiger partial charge on any atom is -0.238 e. The van der Waals surface area contributed by atoms with Gasteiger partial charge in [-0.15, -0.1) is 0 Å². The fourth-order valence-corrected chi connectivity index (χ4v) is 8.33. The number of hydrogen-bond donors (Lipinski definition) is 0. The summed E-state index contributed by atoms with van der Waals surface area (Å²) in [6.07, 6.45) is 8.63. The van der Waals surface area contributed by atoms with Crippen molar-refractivity contribution in [2.75, 3.05) is 0 Å². The van der Waals surface area contributed by atoms with Gasteiger partial charge in [0.05, 0.1) is 6.57 Å². The van der Waals surface area contributed by atoms with Gasteiger partial charge in [0.1, 0.15) is 0 Å². The molecule has 4 nitrogen and oxygen atoms in total. The highest BCUT2D eigenvalue weighted by atomic mass is 15.0. The number of aromatic nitrogens is 3. The van der Waals surface area contributed by atoms with E-state index >= 15 is 0 Å². The van der Waals surface area contributed by atoms with E-state index in [0.717, 1.165) is 34.4 Å². The molecule has 1 heterocycles. The third-order valence-corrected chi connectivity index (χ3v) is 9.93. The highest BCUT2D eigenvalue weighted by Gasteiger charge is 2.51. The van der Waals surface area contributed by atoms with E-state index in [-0.39, 0.29) is 0 Å². The number of rotatable bonds is 5. The first-order valence-electron chi connectivity index (χ1n) is 15.1. The van der Waals surface area contributed by atoms with E-state index in [1.807, 2.05) is 42.5 Å². The van der Waals surface area contributed by atoms with Gasteiger partial charge >= 0.3 is 0 Å². The van der Waals surface area contributed by atoms with Crippen LogP contribution in [0, 0.1) is 24.3 Å². The van der Waals surface area contributed by atoms with Gasteiger partial charge in [-0.2, -0.15) is 0 Å². The molecule has 0 N–H and O–H groups in total. The molecule has 1 aromatic heterocycles. The molecule has 0 aliphatic heterocycles. The van der Waals surface area contributed by atoms with Gasteiger partial charge in [0, 0.05) is 16.7 Å². The SMILES string of the molecule is [C-]#[N+]c1ccc(-c2nc(-c3ccccc3)nc(-c3ccc(-c4ccc(C56CC7CC(CC(C7)C5)C6)cc4)cc3)n2)cc1. The standard InChI is InChI=1S/C38H32N4/c1-39-34-17-13-32(14-18-34)37-41-35(30-5-3-2-4-6-30)40-36(42-37)31-9-7-28(8-10-31)29-11-15-33(16-12-29)38-22-25-19-26(23-38)21-27(20-25)24-38/h2-18,25-27H,19-24H2. The largest absolute Gasteiger partial charge is 0.238 e. The van der Waals surface area contributed by atoms with Gasteiger partial charge in [-0.25, -0.2) is 19.8 Å². The summed E-state index contributed by atoms with van der Waals surface area (Å²) in [5.74, 6) is 4.74. The third kappa shape index (κ3) is 4.50. The lowest BCUT2D eigenvalue weighted by Crippen LogP contribution is -2.48. The van der Waals surface area contributed by atoms with E-state index in [0.29, 0.717) is 28.6 Å². The summed E-state index contributed by atoms with van der Waals surface area (Å²) in [4.78, 5) is 18.0. The lowest BCUT2D eigenvalue weighted by Gasteiger charge is -2.57. The molecule has 4 saturated carbocycles. The average Bonchev–Trinajstić information content (AvgIpc) is 3.04. The average molecular weight is 545 g/mol. The molecule has 204 valence electrons. The fraction of sp³-hybridized carbons (Fsp3) is 0.263. The summed E-state index contributed by atoms with van der Waals surface area (Å²) in [5.41, 5.74) is 7.78. The predicted octanol–water partition coefficient (Wildman–Crippen LogP) is 9.56. The molecule has 9 rings (SSSR count). The van der Waals surface area contributed by atoms with Crippen LogP contribution in [-0.2, 0) is 5.41 Å². The van der Waals surface area contributed by atoms with Crippen molar-refractivity contribution < 1.29 is 0 Å². The molecule has 4 aromatic carbocycles. The number of hydrogen-bond acceptors (Lipinski definition) is 3. The Morgan fingerprint density at radius 2 is 0.905 bits per heavy atom. The van der Waals surface area contributed by atoms with Crippen LogP contribution >= 0.6 is 0 Å². The second-order valence-electron chi connectivity index (χ2n) is 12.7. The Bertz CT molecular complexity index is 1750. The zero-order chi connectivity index (χ0) is 28.1. The zero-order valence-corrected chi connectivity index (χ0v) is 23.6. The second kappa shape index (κ2) is 10.0. The highest BCUT2D eigenvalue weighted by Crippen LogP contribution is 2.60. The topological polar surface area (TPSA) is 43.0 Å². The van der Waals surface area contributed by atoms with Crippen molar-refractivity contribution in [1.82, 2.24) is 15.0 Å². The van der Waals surface area contributed by atoms with Gasteiger partial charge in [0.25, 0.3) is 0 Å². The van der Waals surface area contributed by atoms with Crippen LogP contribution in [0.3, 0.4) is 0 Å². The molecule has 42 heavy (non-hydrogen) atoms. The van der Waals surface area contributed by atoms with Crippen LogP contribution in [-0.4, -0.2) is 15.0 Å². The molecule has 0 spiro atoms. The quantitative estimate of drug-likeness (QED) is 0.207. The van der Waals surface area contributed by atoms with Crippen molar-refractivity contribution in [3.8, 4) is 45.3 Å². The molecular formula is C38H32N4. The molecule has 0 saturated heterocycles. The van der Waals surface area contributed by atoms with Gasteiger partial charge in [-0.05, 0) is 78.4 Å². The smallest absolute Gasteiger partial charge is 0.187 e. The maximum absolute atomic E-state index is 7.27. The third-order valence-electron chi connectivity index (χ3n) is 9.93. The summed E-state index contributed by atoms with van der Waals surface area (Å²) in [5, 5.41) is 0. The Hall–Kier alpha value is -4.62. The van der Waals surface area contributed by atoms with E-state index in [4.69, 9.17) is 21.5 Å². The lowest BCUT2D eigenvalue weighted by atomic mass is 9.48. The van der Waals surface area contributed by atoms with Crippen LogP contribution < -0.4 is 0 Å². The van der Waals surface area contributed by atoms with E-state index in [1.165, 1.54) is 49.7 Å². The molecule has 0 atom stereocenters. The first-order chi connectivity index (χ1) is 20.6. The Balaban J connectivity index is 1.10. The molecule has 4 bridgehead atoms. The molecule has 0 amide bonds. The van der Waals surface area contributed by atoms with Gasteiger partial charge in [-0.1, -0.05) is 103 Å². The number of benzene rings is 4. The molecule has 4 aliphatic rings. The first kappa shape index (κ1) is 25.1. The van der Waals surface area contributed by atoms with Gasteiger partial charge in [0.2, 0.25) is 0 Å². The van der Waals surface area contributed by atoms with Crippen molar-refractivity contribution in [3.05, 3.63) is 120 Å². The summed E-state index contributed by atoms with van der Waals surface area (Å²) in [6.45, 7) is 7.27. The van der Waals surface area contributed by atoms with Crippen LogP contribution in [0.2, 0.25) is 0 Å². The zero-order valence-electron chi connectivity index (χ0n) is 23.6. The highest BCUT2D eigenvalue weighted by molar-refractivity contribution is 5.71. The van der Waals surface area contributed by atoms with Gasteiger partial charge in [0.15, 0.2) is 23.2 Å². The summed E-state index contributed by atoms with van der Waals surface area (Å²) in [6, 6.07) is 35.5. The molecule has 0 unspecified atom stereocenters. The molecule has 4 fully saturated rings. The summed E-state index contributed by atoms with van der Waals surface area (Å²) in [7, 11) is 0. The van der Waals surface area contributed by atoms with E-state index in [2.05, 4.69) is 53.4 Å². The molecular weight excluding hydrogens is 512 g/mol. The number of nitrogens with zero attached hydrogens (tertiary/aromatic N) is 4. The van der Waals surface area contributed by atoms with Crippen molar-refractivity contribution in [1.29, 1.82) is 0 Å². The van der Waals surface area contributed by atoms with Crippen molar-refractivity contribution in [3.63, 3.8) is 0 Å². The normalized spacial score (nSPS) is 23.9. The lowest BCUT2D eigenvalue weighted by molar-refractivity contribution is -0.00518. The summed E-state index contributed by atoms with van der Waals surface area (Å²) < 4.78 is 0. The molecule has 4 heteroatoms. The monoisotopic (exact) mass is 544 g/mol. The Morgan fingerprint density at radius 1 is 0.500 bits per heavy atom. The van der Waals surface area contributed by atoms with Crippen LogP contribution in [0.4, 0.5) is 5.69 Å². The maximum atomic E-state index is 7.27. The molecule has 0 radical (unpaired) electrons. The van der Waals surface area contributed by atoms with Gasteiger partial charge in [-0.3, -0.25) is 0 Å². The Kier molecular flexibility index (Phi) is 6.00. The maximum Gasteiger partial charge on any atom is 0.187 e. The van der Waals surface area contributed by atoms with Crippen molar-refractivity contribution in [2.45, 2.75) is 43.9 Å². The van der Waals surface area contributed by atoms with Crippen LogP contribution in [0.1, 0.15) is 44.1 Å². The van der Waals surface area contributed by atoms with Crippen molar-refractivity contribution in [2.24, 2.45) is 17.8 Å². The second-order valence-corrected chi connectivity index (χ2v) is 12.7. The van der Waals surface area contributed by atoms with E-state index < -0.39 is 0 Å². The van der Waals surface area contributed by atoms with Crippen LogP contribution in [0.15, 0.2) is 103 Å². The van der Waals surface area contributed by atoms with Crippen LogP contribution in [0.5, 0.6) is 0 Å². The summed E-state index contributed by atoms with van der Waals surface area (Å²) >= 11 is 0. The van der Waals surface area contributed by atoms with Gasteiger partial charge < -0.3 is 0 Å². The van der Waals surface area contributed by atoms with Crippen LogP contribution in [0.25, 0.3) is 50.1 Å². The minimum atomic E-state index is 0.431. The Morgan fingerprint density at radius 3 is 1.38 bits per heavy atom. The fourth-order valence-electron chi connectivity index (χ4n) is 8.33. The first-order valence-corrected chi connectivity index (χ1v) is 15.1.